The average Bonchev–Trinajstić information content (AvgIpc) is 2.93. The minimum absolute atomic E-state index is 0.0830. The van der Waals surface area contributed by atoms with Crippen LogP contribution in [-0.4, -0.2) is 18.5 Å². The van der Waals surface area contributed by atoms with Gasteiger partial charge in [0.2, 0.25) is 5.91 Å². The van der Waals surface area contributed by atoms with Crippen molar-refractivity contribution < 1.29 is 4.79 Å². The molecule has 0 saturated heterocycles. The number of carbonyl (C=O) groups excluding carboxylic acids is 1. The highest BCUT2D eigenvalue weighted by Gasteiger charge is 2.13. The maximum Gasteiger partial charge on any atom is 0.237 e. The Labute approximate surface area is 117 Å². The summed E-state index contributed by atoms with van der Waals surface area (Å²) in [7, 11) is 0. The number of nitrogens with two attached hydrogens (primary N) is 1. The maximum atomic E-state index is 11.8. The minimum atomic E-state index is -0.481. The van der Waals surface area contributed by atoms with E-state index in [1.54, 1.807) is 11.3 Å². The Morgan fingerprint density at radius 3 is 2.68 bits per heavy atom. The summed E-state index contributed by atoms with van der Waals surface area (Å²) in [5.74, 6) is -0.0830. The summed E-state index contributed by atoms with van der Waals surface area (Å²) in [5.41, 5.74) is 6.99. The molecule has 3 N–H and O–H groups in total. The zero-order valence-electron chi connectivity index (χ0n) is 10.7. The molecule has 0 bridgehead atoms. The van der Waals surface area contributed by atoms with Gasteiger partial charge in [-0.05, 0) is 29.9 Å². The van der Waals surface area contributed by atoms with E-state index in [1.165, 1.54) is 4.88 Å². The van der Waals surface area contributed by atoms with Crippen molar-refractivity contribution in [3.8, 4) is 0 Å². The summed E-state index contributed by atoms with van der Waals surface area (Å²) in [6.07, 6.45) is 1.44. The number of carbonyl (C=O) groups is 1. The standard InChI is InChI=1S/C15H18N2OS/c16-14(11-12-5-2-1-3-6-12)15(18)17-9-8-13-7-4-10-19-13/h1-7,10,14H,8-9,11,16H2,(H,17,18). The molecule has 1 aromatic heterocycles. The van der Waals surface area contributed by atoms with Crippen molar-refractivity contribution in [1.82, 2.24) is 5.32 Å². The van der Waals surface area contributed by atoms with Crippen LogP contribution in [0.4, 0.5) is 0 Å². The van der Waals surface area contributed by atoms with Gasteiger partial charge in [0.15, 0.2) is 0 Å². The molecule has 2 rings (SSSR count). The number of rotatable bonds is 6. The molecule has 1 amide bonds. The van der Waals surface area contributed by atoms with Crippen molar-refractivity contribution in [3.63, 3.8) is 0 Å². The lowest BCUT2D eigenvalue weighted by atomic mass is 10.1. The molecule has 0 aliphatic heterocycles. The van der Waals surface area contributed by atoms with E-state index in [0.717, 1.165) is 12.0 Å². The molecule has 3 nitrogen and oxygen atoms in total. The highest BCUT2D eigenvalue weighted by atomic mass is 32.1. The molecule has 0 fully saturated rings. The highest BCUT2D eigenvalue weighted by molar-refractivity contribution is 7.09. The molecule has 1 unspecified atom stereocenters. The Kier molecular flexibility index (Phi) is 5.12. The van der Waals surface area contributed by atoms with E-state index in [2.05, 4.69) is 11.4 Å². The molecule has 0 saturated carbocycles. The second kappa shape index (κ2) is 7.07. The van der Waals surface area contributed by atoms with Crippen molar-refractivity contribution in [1.29, 1.82) is 0 Å². The second-order valence-corrected chi connectivity index (χ2v) is 5.45. The smallest absolute Gasteiger partial charge is 0.237 e. The van der Waals surface area contributed by atoms with Gasteiger partial charge in [0, 0.05) is 11.4 Å². The van der Waals surface area contributed by atoms with Crippen LogP contribution in [0.3, 0.4) is 0 Å². The van der Waals surface area contributed by atoms with E-state index in [-0.39, 0.29) is 5.91 Å². The van der Waals surface area contributed by atoms with E-state index in [4.69, 9.17) is 5.73 Å². The van der Waals surface area contributed by atoms with Gasteiger partial charge in [0.1, 0.15) is 0 Å². The predicted octanol–water partition coefficient (Wildman–Crippen LogP) is 1.98. The normalized spacial score (nSPS) is 12.1. The third-order valence-electron chi connectivity index (χ3n) is 2.89. The molecular weight excluding hydrogens is 256 g/mol. The van der Waals surface area contributed by atoms with Crippen LogP contribution in [0.25, 0.3) is 0 Å². The lowest BCUT2D eigenvalue weighted by Gasteiger charge is -2.12. The van der Waals surface area contributed by atoms with E-state index in [0.29, 0.717) is 13.0 Å². The van der Waals surface area contributed by atoms with Crippen LogP contribution in [0.2, 0.25) is 0 Å². The largest absolute Gasteiger partial charge is 0.354 e. The summed E-state index contributed by atoms with van der Waals surface area (Å²) in [5, 5.41) is 4.92. The first-order valence-corrected chi connectivity index (χ1v) is 7.23. The van der Waals surface area contributed by atoms with E-state index >= 15 is 0 Å². The first-order valence-electron chi connectivity index (χ1n) is 6.35. The summed E-state index contributed by atoms with van der Waals surface area (Å²) in [4.78, 5) is 13.1. The first-order chi connectivity index (χ1) is 9.25. The SMILES string of the molecule is NC(Cc1ccccc1)C(=O)NCCc1cccs1. The minimum Gasteiger partial charge on any atom is -0.354 e. The summed E-state index contributed by atoms with van der Waals surface area (Å²) >= 11 is 1.70. The average molecular weight is 274 g/mol. The molecule has 1 aromatic carbocycles. The van der Waals surface area contributed by atoms with Gasteiger partial charge in [-0.2, -0.15) is 0 Å². The Balaban J connectivity index is 1.73. The lowest BCUT2D eigenvalue weighted by Crippen LogP contribution is -2.42. The molecule has 0 radical (unpaired) electrons. The molecule has 100 valence electrons. The third kappa shape index (κ3) is 4.50. The molecular formula is C15H18N2OS. The van der Waals surface area contributed by atoms with Crippen molar-refractivity contribution in [3.05, 3.63) is 58.3 Å². The molecule has 2 aromatic rings. The number of benzene rings is 1. The van der Waals surface area contributed by atoms with Crippen LogP contribution < -0.4 is 11.1 Å². The van der Waals surface area contributed by atoms with Crippen molar-refractivity contribution in [2.45, 2.75) is 18.9 Å². The molecule has 19 heavy (non-hydrogen) atoms. The van der Waals surface area contributed by atoms with Crippen molar-refractivity contribution >= 4 is 17.2 Å². The summed E-state index contributed by atoms with van der Waals surface area (Å²) in [6, 6.07) is 13.4. The lowest BCUT2D eigenvalue weighted by molar-refractivity contribution is -0.122. The third-order valence-corrected chi connectivity index (χ3v) is 3.82. The summed E-state index contributed by atoms with van der Waals surface area (Å²) < 4.78 is 0. The molecule has 0 spiro atoms. The van der Waals surface area contributed by atoms with Crippen LogP contribution in [0.1, 0.15) is 10.4 Å². The highest BCUT2D eigenvalue weighted by Crippen LogP contribution is 2.08. The van der Waals surface area contributed by atoms with Crippen LogP contribution in [0, 0.1) is 0 Å². The Bertz CT molecular complexity index is 496. The van der Waals surface area contributed by atoms with Crippen LogP contribution in [-0.2, 0) is 17.6 Å². The van der Waals surface area contributed by atoms with E-state index in [9.17, 15) is 4.79 Å². The number of thiophene rings is 1. The molecule has 0 aliphatic rings. The number of hydrogen-bond donors (Lipinski definition) is 2. The molecule has 0 aliphatic carbocycles. The van der Waals surface area contributed by atoms with Crippen LogP contribution in [0.5, 0.6) is 0 Å². The molecule has 4 heteroatoms. The van der Waals surface area contributed by atoms with Crippen LogP contribution in [0.15, 0.2) is 47.8 Å². The number of amides is 1. The van der Waals surface area contributed by atoms with E-state index in [1.807, 2.05) is 41.8 Å². The number of nitrogens with one attached hydrogen (secondary N) is 1. The predicted molar refractivity (Wildman–Crippen MR) is 79.2 cm³/mol. The number of hydrogen-bond acceptors (Lipinski definition) is 3. The van der Waals surface area contributed by atoms with Crippen LogP contribution >= 0.6 is 11.3 Å². The Morgan fingerprint density at radius 1 is 1.21 bits per heavy atom. The van der Waals surface area contributed by atoms with E-state index < -0.39 is 6.04 Å². The van der Waals surface area contributed by atoms with Gasteiger partial charge < -0.3 is 11.1 Å². The first kappa shape index (κ1) is 13.8. The quantitative estimate of drug-likeness (QED) is 0.846. The zero-order chi connectivity index (χ0) is 13.5. The van der Waals surface area contributed by atoms with Gasteiger partial charge in [-0.15, -0.1) is 11.3 Å². The second-order valence-electron chi connectivity index (χ2n) is 4.42. The fraction of sp³-hybridized carbons (Fsp3) is 0.267. The topological polar surface area (TPSA) is 55.1 Å². The maximum absolute atomic E-state index is 11.8. The van der Waals surface area contributed by atoms with Gasteiger partial charge >= 0.3 is 0 Å². The fourth-order valence-electron chi connectivity index (χ4n) is 1.86. The van der Waals surface area contributed by atoms with Gasteiger partial charge in [0.05, 0.1) is 6.04 Å². The summed E-state index contributed by atoms with van der Waals surface area (Å²) in [6.45, 7) is 0.641. The molecule has 1 atom stereocenters. The van der Waals surface area contributed by atoms with Crippen molar-refractivity contribution in [2.75, 3.05) is 6.54 Å². The van der Waals surface area contributed by atoms with Gasteiger partial charge in [-0.3, -0.25) is 4.79 Å². The molecule has 1 heterocycles. The van der Waals surface area contributed by atoms with Gasteiger partial charge in [0.25, 0.3) is 0 Å². The monoisotopic (exact) mass is 274 g/mol. The van der Waals surface area contributed by atoms with Gasteiger partial charge in [-0.25, -0.2) is 0 Å². The zero-order valence-corrected chi connectivity index (χ0v) is 11.5. The Morgan fingerprint density at radius 2 is 2.00 bits per heavy atom. The Hall–Kier alpha value is -1.65. The van der Waals surface area contributed by atoms with Crippen molar-refractivity contribution in [2.24, 2.45) is 5.73 Å². The van der Waals surface area contributed by atoms with Gasteiger partial charge in [-0.1, -0.05) is 36.4 Å². The fourth-order valence-corrected chi connectivity index (χ4v) is 2.56.